The van der Waals surface area contributed by atoms with Crippen LogP contribution in [-0.4, -0.2) is 22.9 Å². The van der Waals surface area contributed by atoms with Gasteiger partial charge in [-0.1, -0.05) is 0 Å². The summed E-state index contributed by atoms with van der Waals surface area (Å²) < 4.78 is 5.26. The summed E-state index contributed by atoms with van der Waals surface area (Å²) in [4.78, 5) is 0. The van der Waals surface area contributed by atoms with Crippen LogP contribution in [0.5, 0.6) is 11.5 Å². The van der Waals surface area contributed by atoms with E-state index in [-0.39, 0.29) is 62.5 Å². The second kappa shape index (κ2) is 6.64. The van der Waals surface area contributed by atoms with Gasteiger partial charge in [-0.15, -0.1) is 0 Å². The molecule has 0 aliphatic heterocycles. The Balaban J connectivity index is 0.00000144. The molecule has 4 heteroatoms. The van der Waals surface area contributed by atoms with Gasteiger partial charge in [-0.2, -0.15) is 0 Å². The number of ether oxygens (including phenoxy) is 1. The van der Waals surface area contributed by atoms with Gasteiger partial charge in [0.2, 0.25) is 0 Å². The van der Waals surface area contributed by atoms with Crippen LogP contribution in [-0.2, 0) is 0 Å². The molecular formula is C9H12AcO3. The van der Waals surface area contributed by atoms with Crippen molar-refractivity contribution < 1.29 is 59.0 Å². The van der Waals surface area contributed by atoms with Crippen molar-refractivity contribution in [1.82, 2.24) is 0 Å². The zero-order chi connectivity index (χ0) is 8.97. The molecule has 0 bridgehead atoms. The van der Waals surface area contributed by atoms with Crippen LogP contribution in [0.2, 0.25) is 0 Å². The van der Waals surface area contributed by atoms with Gasteiger partial charge in [-0.05, 0) is 31.2 Å². The van der Waals surface area contributed by atoms with Crippen molar-refractivity contribution in [3.05, 3.63) is 24.3 Å². The Morgan fingerprint density at radius 2 is 1.85 bits per heavy atom. The van der Waals surface area contributed by atoms with Crippen LogP contribution >= 0.6 is 0 Å². The summed E-state index contributed by atoms with van der Waals surface area (Å²) in [6.45, 7) is 1.76. The minimum Gasteiger partial charge on any atom is -0.508 e. The summed E-state index contributed by atoms with van der Waals surface area (Å²) in [5.74, 6) is 0.855. The van der Waals surface area contributed by atoms with E-state index in [0.717, 1.165) is 0 Å². The third kappa shape index (κ3) is 4.85. The van der Waals surface area contributed by atoms with Crippen LogP contribution in [0.15, 0.2) is 24.3 Å². The van der Waals surface area contributed by atoms with E-state index < -0.39 is 0 Å². The molecule has 69 valence electrons. The number of phenolic OH excluding ortho intramolecular Hbond substituents is 1. The first kappa shape index (κ1) is 13.2. The minimum atomic E-state index is -0.213. The first-order chi connectivity index (χ1) is 5.72. The average Bonchev–Trinajstić information content (AvgIpc) is 2.09. The standard InChI is InChI=1S/C9H12O3.Ac/c1-7(6-10)12-9-4-2-8(11)3-5-9;/h2-5,7,10-11H,6H2,1H3;. The van der Waals surface area contributed by atoms with Gasteiger partial charge in [-0.25, -0.2) is 0 Å². The van der Waals surface area contributed by atoms with Crippen LogP contribution in [0.3, 0.4) is 0 Å². The molecule has 0 aliphatic carbocycles. The average molecular weight is 395 g/mol. The molecule has 1 rings (SSSR count). The summed E-state index contributed by atoms with van der Waals surface area (Å²) in [6.07, 6.45) is -0.213. The van der Waals surface area contributed by atoms with Crippen LogP contribution in [0.1, 0.15) is 6.92 Å². The van der Waals surface area contributed by atoms with E-state index in [0.29, 0.717) is 5.75 Å². The summed E-state index contributed by atoms with van der Waals surface area (Å²) in [7, 11) is 0. The first-order valence-electron chi connectivity index (χ1n) is 3.79. The Hall–Kier alpha value is 0.222. The molecule has 1 aromatic carbocycles. The SMILES string of the molecule is CC(CO)Oc1ccc(O)cc1.[Ac]. The molecule has 1 unspecified atom stereocenters. The van der Waals surface area contributed by atoms with Crippen molar-refractivity contribution in [3.63, 3.8) is 0 Å². The largest absolute Gasteiger partial charge is 0.508 e. The van der Waals surface area contributed by atoms with Gasteiger partial charge in [0, 0.05) is 44.1 Å². The molecule has 0 amide bonds. The van der Waals surface area contributed by atoms with Crippen molar-refractivity contribution in [3.8, 4) is 11.5 Å². The van der Waals surface area contributed by atoms with E-state index in [9.17, 15) is 0 Å². The number of hydrogen-bond donors (Lipinski definition) is 2. The van der Waals surface area contributed by atoms with E-state index in [1.54, 1.807) is 31.2 Å². The predicted octanol–water partition coefficient (Wildman–Crippen LogP) is 1.15. The molecule has 0 spiro atoms. The fraction of sp³-hybridized carbons (Fsp3) is 0.333. The molecule has 13 heavy (non-hydrogen) atoms. The van der Waals surface area contributed by atoms with Gasteiger partial charge in [0.1, 0.15) is 17.6 Å². The number of benzene rings is 1. The third-order valence-electron chi connectivity index (χ3n) is 1.43. The topological polar surface area (TPSA) is 49.7 Å². The molecule has 0 saturated carbocycles. The van der Waals surface area contributed by atoms with E-state index in [1.165, 1.54) is 0 Å². The minimum absolute atomic E-state index is 0. The van der Waals surface area contributed by atoms with Crippen molar-refractivity contribution in [2.24, 2.45) is 0 Å². The third-order valence-corrected chi connectivity index (χ3v) is 1.43. The molecule has 0 saturated heterocycles. The monoisotopic (exact) mass is 395 g/mol. The predicted molar refractivity (Wildman–Crippen MR) is 45.3 cm³/mol. The Labute approximate surface area is 113 Å². The van der Waals surface area contributed by atoms with Crippen LogP contribution in [0.4, 0.5) is 0 Å². The van der Waals surface area contributed by atoms with Crippen molar-refractivity contribution >= 4 is 0 Å². The van der Waals surface area contributed by atoms with Gasteiger partial charge >= 0.3 is 0 Å². The molecule has 0 aliphatic rings. The fourth-order valence-corrected chi connectivity index (χ4v) is 0.794. The van der Waals surface area contributed by atoms with Crippen LogP contribution in [0, 0.1) is 44.1 Å². The second-order valence-corrected chi connectivity index (χ2v) is 2.60. The zero-order valence-corrected chi connectivity index (χ0v) is 12.2. The maximum absolute atomic E-state index is 8.94. The molecule has 2 N–H and O–H groups in total. The fourth-order valence-electron chi connectivity index (χ4n) is 0.794. The van der Waals surface area contributed by atoms with Gasteiger partial charge in [0.05, 0.1) is 6.61 Å². The first-order valence-corrected chi connectivity index (χ1v) is 3.79. The maximum atomic E-state index is 8.94. The summed E-state index contributed by atoms with van der Waals surface area (Å²) in [6, 6.07) is 6.39. The van der Waals surface area contributed by atoms with Crippen LogP contribution in [0.25, 0.3) is 0 Å². The quantitative estimate of drug-likeness (QED) is 0.808. The Bertz CT molecular complexity index is 235. The zero-order valence-electron chi connectivity index (χ0n) is 7.47. The molecule has 1 atom stereocenters. The van der Waals surface area contributed by atoms with Crippen molar-refractivity contribution in [1.29, 1.82) is 0 Å². The Morgan fingerprint density at radius 3 is 2.31 bits per heavy atom. The van der Waals surface area contributed by atoms with E-state index in [4.69, 9.17) is 14.9 Å². The maximum Gasteiger partial charge on any atom is 0.120 e. The Kier molecular flexibility index (Phi) is 6.76. The second-order valence-electron chi connectivity index (χ2n) is 2.60. The van der Waals surface area contributed by atoms with E-state index in [1.807, 2.05) is 0 Å². The number of aliphatic hydroxyl groups excluding tert-OH is 1. The molecule has 0 fully saturated rings. The van der Waals surface area contributed by atoms with Gasteiger partial charge < -0.3 is 14.9 Å². The molecule has 0 heterocycles. The Morgan fingerprint density at radius 1 is 1.31 bits per heavy atom. The molecule has 0 aromatic heterocycles. The van der Waals surface area contributed by atoms with Crippen molar-refractivity contribution in [2.75, 3.05) is 6.61 Å². The summed E-state index contributed by atoms with van der Waals surface area (Å²) >= 11 is 0. The van der Waals surface area contributed by atoms with E-state index >= 15 is 0 Å². The summed E-state index contributed by atoms with van der Waals surface area (Å²) in [5.41, 5.74) is 0. The van der Waals surface area contributed by atoms with E-state index in [2.05, 4.69) is 0 Å². The van der Waals surface area contributed by atoms with Gasteiger partial charge in [0.25, 0.3) is 0 Å². The molecule has 3 nitrogen and oxygen atoms in total. The molecule has 1 radical (unpaired) electrons. The number of phenols is 1. The van der Waals surface area contributed by atoms with Crippen LogP contribution < -0.4 is 4.74 Å². The van der Waals surface area contributed by atoms with Gasteiger partial charge in [0.15, 0.2) is 0 Å². The molecular weight excluding hydrogens is 383 g/mol. The van der Waals surface area contributed by atoms with Crippen molar-refractivity contribution in [2.45, 2.75) is 13.0 Å². The smallest absolute Gasteiger partial charge is 0.120 e. The molecule has 1 aromatic rings. The number of aliphatic hydroxyl groups is 1. The number of hydrogen-bond acceptors (Lipinski definition) is 3. The summed E-state index contributed by atoms with van der Waals surface area (Å²) in [5, 5.41) is 17.6. The normalized spacial score (nSPS) is 11.5. The van der Waals surface area contributed by atoms with Gasteiger partial charge in [-0.3, -0.25) is 0 Å². The number of aromatic hydroxyl groups is 1. The number of rotatable bonds is 3.